The van der Waals surface area contributed by atoms with Crippen LogP contribution in [0.1, 0.15) is 0 Å². The summed E-state index contributed by atoms with van der Waals surface area (Å²) in [6.07, 6.45) is 0. The van der Waals surface area contributed by atoms with Crippen LogP contribution in [-0.2, 0) is 0 Å². The fourth-order valence-electron chi connectivity index (χ4n) is 6.97. The van der Waals surface area contributed by atoms with Gasteiger partial charge in [0.2, 0.25) is 5.95 Å². The molecule has 0 radical (unpaired) electrons. The molecule has 0 spiro atoms. The molecule has 0 saturated carbocycles. The van der Waals surface area contributed by atoms with Crippen molar-refractivity contribution in [3.8, 4) is 28.7 Å². The first-order chi connectivity index (χ1) is 22.8. The Labute approximate surface area is 267 Å². The average Bonchev–Trinajstić information content (AvgIpc) is 3.69. The largest absolute Gasteiger partial charge is 0.276 e. The molecule has 7 aromatic carbocycles. The van der Waals surface area contributed by atoms with Gasteiger partial charge in [0.25, 0.3) is 0 Å². The SMILES string of the molecule is c1ccc(-c2nc(-c3ccc4ccccc4c3)nc(-n3c4ccccc4c4c5ccccc5c5c6ccccc6sc5c43)n2)cc1. The van der Waals surface area contributed by atoms with Gasteiger partial charge in [-0.2, -0.15) is 9.97 Å². The maximum atomic E-state index is 5.26. The fourth-order valence-corrected chi connectivity index (χ4v) is 8.23. The topological polar surface area (TPSA) is 43.6 Å². The van der Waals surface area contributed by atoms with Crippen LogP contribution in [0.4, 0.5) is 0 Å². The van der Waals surface area contributed by atoms with E-state index in [1.54, 1.807) is 0 Å². The third-order valence-corrected chi connectivity index (χ3v) is 10.2. The maximum absolute atomic E-state index is 5.26. The lowest BCUT2D eigenvalue weighted by Gasteiger charge is -2.12. The van der Waals surface area contributed by atoms with Crippen molar-refractivity contribution in [1.29, 1.82) is 0 Å². The normalized spacial score (nSPS) is 11.9. The highest BCUT2D eigenvalue weighted by atomic mass is 32.1. The van der Waals surface area contributed by atoms with Crippen LogP contribution in [0, 0.1) is 0 Å². The minimum atomic E-state index is 0.609. The molecular weight excluding hydrogens is 581 g/mol. The minimum Gasteiger partial charge on any atom is -0.276 e. The van der Waals surface area contributed by atoms with Crippen molar-refractivity contribution in [3.05, 3.63) is 146 Å². The predicted octanol–water partition coefficient (Wildman–Crippen LogP) is 11.0. The summed E-state index contributed by atoms with van der Waals surface area (Å²) in [5.74, 6) is 1.90. The van der Waals surface area contributed by atoms with Crippen molar-refractivity contribution in [2.45, 2.75) is 0 Å². The van der Waals surface area contributed by atoms with Crippen LogP contribution >= 0.6 is 11.3 Å². The van der Waals surface area contributed by atoms with E-state index in [-0.39, 0.29) is 0 Å². The van der Waals surface area contributed by atoms with Crippen LogP contribution in [0.5, 0.6) is 0 Å². The molecule has 0 amide bonds. The van der Waals surface area contributed by atoms with Crippen molar-refractivity contribution in [1.82, 2.24) is 19.5 Å². The van der Waals surface area contributed by atoms with Crippen LogP contribution < -0.4 is 0 Å². The molecule has 0 N–H and O–H groups in total. The van der Waals surface area contributed by atoms with E-state index in [9.17, 15) is 0 Å². The van der Waals surface area contributed by atoms with E-state index in [1.165, 1.54) is 47.1 Å². The van der Waals surface area contributed by atoms with Crippen LogP contribution in [0.2, 0.25) is 0 Å². The molecule has 214 valence electrons. The quantitative estimate of drug-likeness (QED) is 0.201. The zero-order chi connectivity index (χ0) is 30.2. The molecule has 10 rings (SSSR count). The molecule has 0 fully saturated rings. The smallest absolute Gasteiger partial charge is 0.238 e. The van der Waals surface area contributed by atoms with E-state index >= 15 is 0 Å². The highest BCUT2D eigenvalue weighted by Crippen LogP contribution is 2.47. The summed E-state index contributed by atoms with van der Waals surface area (Å²) < 4.78 is 4.78. The number of nitrogens with zero attached hydrogens (tertiary/aromatic N) is 4. The number of hydrogen-bond acceptors (Lipinski definition) is 4. The molecule has 0 bridgehead atoms. The van der Waals surface area contributed by atoms with Crippen molar-refractivity contribution in [2.24, 2.45) is 0 Å². The standard InChI is InChI=1S/C41H24N4S/c1-2-13-26(14-3-1)39-42-40(28-23-22-25-12-4-5-15-27(25)24-28)44-41(43-39)45-33-20-10-8-18-31(33)35-29-16-6-7-17-30(29)36-32-19-9-11-21-34(32)46-38(36)37(35)45/h1-24H. The minimum absolute atomic E-state index is 0.609. The monoisotopic (exact) mass is 604 g/mol. The van der Waals surface area contributed by atoms with Gasteiger partial charge in [-0.25, -0.2) is 4.98 Å². The van der Waals surface area contributed by atoms with Gasteiger partial charge in [-0.3, -0.25) is 4.57 Å². The molecule has 3 aromatic heterocycles. The summed E-state index contributed by atoms with van der Waals surface area (Å²) in [7, 11) is 0. The highest BCUT2D eigenvalue weighted by Gasteiger charge is 2.23. The first-order valence-electron chi connectivity index (χ1n) is 15.4. The Morgan fingerprint density at radius 1 is 0.457 bits per heavy atom. The van der Waals surface area contributed by atoms with Gasteiger partial charge in [0.15, 0.2) is 11.6 Å². The molecule has 5 heteroatoms. The van der Waals surface area contributed by atoms with Gasteiger partial charge in [-0.15, -0.1) is 11.3 Å². The molecular formula is C41H24N4S. The number of para-hydroxylation sites is 1. The van der Waals surface area contributed by atoms with Gasteiger partial charge in [-0.05, 0) is 39.7 Å². The first kappa shape index (κ1) is 25.4. The summed E-state index contributed by atoms with van der Waals surface area (Å²) in [6, 6.07) is 51.2. The van der Waals surface area contributed by atoms with E-state index in [0.717, 1.165) is 27.5 Å². The van der Waals surface area contributed by atoms with E-state index < -0.39 is 0 Å². The Bertz CT molecular complexity index is 2810. The Hall–Kier alpha value is -5.91. The zero-order valence-corrected chi connectivity index (χ0v) is 25.4. The lowest BCUT2D eigenvalue weighted by Crippen LogP contribution is -2.06. The molecule has 0 unspecified atom stereocenters. The molecule has 0 atom stereocenters. The van der Waals surface area contributed by atoms with Crippen molar-refractivity contribution >= 4 is 74.9 Å². The number of hydrogen-bond donors (Lipinski definition) is 0. The van der Waals surface area contributed by atoms with Gasteiger partial charge in [0.05, 0.1) is 15.7 Å². The molecule has 3 heterocycles. The molecule has 46 heavy (non-hydrogen) atoms. The summed E-state index contributed by atoms with van der Waals surface area (Å²) in [6.45, 7) is 0. The second kappa shape index (κ2) is 9.80. The third-order valence-electron chi connectivity index (χ3n) is 9.01. The van der Waals surface area contributed by atoms with Gasteiger partial charge < -0.3 is 0 Å². The fraction of sp³-hybridized carbons (Fsp3) is 0. The summed E-state index contributed by atoms with van der Waals surface area (Å²) in [4.78, 5) is 15.6. The van der Waals surface area contributed by atoms with Crippen LogP contribution in [-0.4, -0.2) is 19.5 Å². The summed E-state index contributed by atoms with van der Waals surface area (Å²) in [5, 5.41) is 9.79. The Balaban J connectivity index is 1.38. The third kappa shape index (κ3) is 3.69. The van der Waals surface area contributed by atoms with Crippen LogP contribution in [0.15, 0.2) is 146 Å². The Morgan fingerprint density at radius 2 is 1.09 bits per heavy atom. The Morgan fingerprint density at radius 3 is 1.91 bits per heavy atom. The van der Waals surface area contributed by atoms with Gasteiger partial charge >= 0.3 is 0 Å². The molecule has 4 nitrogen and oxygen atoms in total. The number of thiophene rings is 1. The Kier molecular flexibility index (Phi) is 5.41. The number of benzene rings is 7. The van der Waals surface area contributed by atoms with Gasteiger partial charge in [-0.1, -0.05) is 127 Å². The van der Waals surface area contributed by atoms with Gasteiger partial charge in [0, 0.05) is 37.4 Å². The van der Waals surface area contributed by atoms with E-state index in [2.05, 4.69) is 132 Å². The molecule has 0 saturated heterocycles. The molecule has 0 aliphatic heterocycles. The van der Waals surface area contributed by atoms with Crippen LogP contribution in [0.3, 0.4) is 0 Å². The maximum Gasteiger partial charge on any atom is 0.238 e. The predicted molar refractivity (Wildman–Crippen MR) is 193 cm³/mol. The molecule has 0 aliphatic rings. The second-order valence-electron chi connectivity index (χ2n) is 11.6. The lowest BCUT2D eigenvalue weighted by molar-refractivity contribution is 0.956. The van der Waals surface area contributed by atoms with Gasteiger partial charge in [0.1, 0.15) is 0 Å². The number of fused-ring (bicyclic) bond motifs is 11. The van der Waals surface area contributed by atoms with Crippen molar-refractivity contribution in [3.63, 3.8) is 0 Å². The number of aromatic nitrogens is 4. The van der Waals surface area contributed by atoms with Crippen molar-refractivity contribution in [2.75, 3.05) is 0 Å². The van der Waals surface area contributed by atoms with Crippen LogP contribution in [0.25, 0.3) is 92.2 Å². The number of rotatable bonds is 3. The van der Waals surface area contributed by atoms with E-state index in [4.69, 9.17) is 15.0 Å². The lowest BCUT2D eigenvalue weighted by atomic mass is 9.99. The molecule has 0 aliphatic carbocycles. The highest BCUT2D eigenvalue weighted by molar-refractivity contribution is 7.27. The summed E-state index contributed by atoms with van der Waals surface area (Å²) >= 11 is 1.84. The molecule has 10 aromatic rings. The van der Waals surface area contributed by atoms with E-state index in [0.29, 0.717) is 17.6 Å². The first-order valence-corrected chi connectivity index (χ1v) is 16.2. The second-order valence-corrected chi connectivity index (χ2v) is 12.7. The summed E-state index contributed by atoms with van der Waals surface area (Å²) in [5.41, 5.74) is 4.11. The average molecular weight is 605 g/mol. The van der Waals surface area contributed by atoms with Crippen molar-refractivity contribution < 1.29 is 0 Å². The zero-order valence-electron chi connectivity index (χ0n) is 24.6. The van der Waals surface area contributed by atoms with E-state index in [1.807, 2.05) is 29.5 Å².